The number of hydrogen-bond acceptors (Lipinski definition) is 3. The first-order chi connectivity index (χ1) is 8.56. The highest BCUT2D eigenvalue weighted by molar-refractivity contribution is 7.80. The third-order valence-corrected chi connectivity index (χ3v) is 2.83. The van der Waals surface area contributed by atoms with Crippen LogP contribution in [-0.2, 0) is 0 Å². The van der Waals surface area contributed by atoms with Gasteiger partial charge in [0.2, 0.25) is 0 Å². The van der Waals surface area contributed by atoms with E-state index in [0.29, 0.717) is 5.11 Å². The number of nitrogens with one attached hydrogen (secondary N) is 1. The van der Waals surface area contributed by atoms with Gasteiger partial charge in [-0.1, -0.05) is 17.7 Å². The lowest BCUT2D eigenvalue weighted by molar-refractivity contribution is 0.921. The summed E-state index contributed by atoms with van der Waals surface area (Å²) in [7, 11) is 3.90. The van der Waals surface area contributed by atoms with Crippen LogP contribution in [0.1, 0.15) is 5.56 Å². The maximum absolute atomic E-state index is 5.31. The Morgan fingerprint density at radius 2 is 1.89 bits per heavy atom. The van der Waals surface area contributed by atoms with Gasteiger partial charge in [0.15, 0.2) is 10.9 Å². The van der Waals surface area contributed by atoms with Gasteiger partial charge in [0.25, 0.3) is 0 Å². The van der Waals surface area contributed by atoms with Crippen LogP contribution in [0.5, 0.6) is 0 Å². The molecular weight excluding hydrogens is 244 g/mol. The summed E-state index contributed by atoms with van der Waals surface area (Å²) in [6, 6.07) is 10.00. The lowest BCUT2D eigenvalue weighted by atomic mass is 10.2. The van der Waals surface area contributed by atoms with Crippen molar-refractivity contribution in [3.05, 3.63) is 42.1 Å². The molecule has 4 nitrogen and oxygen atoms in total. The zero-order chi connectivity index (χ0) is 13.1. The highest BCUT2D eigenvalue weighted by Gasteiger charge is 2.05. The van der Waals surface area contributed by atoms with Crippen molar-refractivity contribution < 1.29 is 0 Å². The lowest BCUT2D eigenvalue weighted by Crippen LogP contribution is -2.20. The minimum absolute atomic E-state index is 0.562. The molecule has 0 saturated carbocycles. The Kier molecular flexibility index (Phi) is 3.62. The van der Waals surface area contributed by atoms with E-state index in [-0.39, 0.29) is 0 Å². The number of aryl methyl sites for hydroxylation is 1. The summed E-state index contributed by atoms with van der Waals surface area (Å²) in [6.45, 7) is 2.05. The molecule has 2 aromatic rings. The smallest absolute Gasteiger partial charge is 0.198 e. The molecule has 2 rings (SSSR count). The quantitative estimate of drug-likeness (QED) is 0.841. The van der Waals surface area contributed by atoms with E-state index in [1.807, 2.05) is 55.5 Å². The molecule has 1 aromatic carbocycles. The molecule has 18 heavy (non-hydrogen) atoms. The van der Waals surface area contributed by atoms with E-state index in [9.17, 15) is 0 Å². The molecule has 0 bridgehead atoms. The van der Waals surface area contributed by atoms with E-state index in [1.54, 1.807) is 4.68 Å². The monoisotopic (exact) mass is 260 g/mol. The molecule has 0 amide bonds. The molecule has 0 aliphatic heterocycles. The van der Waals surface area contributed by atoms with Crippen LogP contribution in [0.25, 0.3) is 0 Å². The first-order valence-electron chi connectivity index (χ1n) is 5.67. The van der Waals surface area contributed by atoms with Crippen molar-refractivity contribution in [2.45, 2.75) is 6.92 Å². The van der Waals surface area contributed by atoms with Crippen molar-refractivity contribution in [1.29, 1.82) is 0 Å². The summed E-state index contributed by atoms with van der Waals surface area (Å²) in [5, 5.41) is 8.08. The van der Waals surface area contributed by atoms with Gasteiger partial charge >= 0.3 is 0 Å². The van der Waals surface area contributed by atoms with E-state index in [1.165, 1.54) is 5.56 Å². The molecule has 1 heterocycles. The average molecular weight is 260 g/mol. The summed E-state index contributed by atoms with van der Waals surface area (Å²) < 4.78 is 1.66. The molecule has 94 valence electrons. The van der Waals surface area contributed by atoms with Gasteiger partial charge in [-0.25, -0.2) is 4.68 Å². The van der Waals surface area contributed by atoms with Crippen molar-refractivity contribution in [3.8, 4) is 0 Å². The van der Waals surface area contributed by atoms with Crippen LogP contribution in [0.3, 0.4) is 0 Å². The predicted molar refractivity (Wildman–Crippen MR) is 79.4 cm³/mol. The maximum Gasteiger partial charge on any atom is 0.198 e. The fourth-order valence-corrected chi connectivity index (χ4v) is 1.70. The van der Waals surface area contributed by atoms with Gasteiger partial charge in [-0.05, 0) is 31.3 Å². The molecule has 0 spiro atoms. The summed E-state index contributed by atoms with van der Waals surface area (Å²) in [6.07, 6.45) is 1.85. The number of aromatic nitrogens is 2. The topological polar surface area (TPSA) is 33.1 Å². The van der Waals surface area contributed by atoms with Gasteiger partial charge < -0.3 is 10.2 Å². The molecule has 0 aliphatic carbocycles. The highest BCUT2D eigenvalue weighted by atomic mass is 32.1. The molecule has 1 N–H and O–H groups in total. The number of benzene rings is 1. The van der Waals surface area contributed by atoms with Gasteiger partial charge in [0, 0.05) is 32.0 Å². The van der Waals surface area contributed by atoms with Gasteiger partial charge in [-0.15, -0.1) is 5.10 Å². The zero-order valence-corrected chi connectivity index (χ0v) is 11.5. The van der Waals surface area contributed by atoms with E-state index in [0.717, 1.165) is 11.5 Å². The van der Waals surface area contributed by atoms with Crippen LogP contribution in [0.2, 0.25) is 0 Å². The fraction of sp³-hybridized carbons (Fsp3) is 0.231. The van der Waals surface area contributed by atoms with Crippen molar-refractivity contribution in [1.82, 2.24) is 9.78 Å². The van der Waals surface area contributed by atoms with Gasteiger partial charge in [-0.2, -0.15) is 0 Å². The predicted octanol–water partition coefficient (Wildman–Crippen LogP) is 2.50. The number of nitrogens with zero attached hydrogens (tertiary/aromatic N) is 3. The second kappa shape index (κ2) is 5.18. The minimum atomic E-state index is 0.562. The first-order valence-corrected chi connectivity index (χ1v) is 6.08. The highest BCUT2D eigenvalue weighted by Crippen LogP contribution is 2.10. The van der Waals surface area contributed by atoms with Crippen LogP contribution in [0.4, 0.5) is 11.5 Å². The summed E-state index contributed by atoms with van der Waals surface area (Å²) in [5.74, 6) is 0.878. The van der Waals surface area contributed by atoms with Crippen LogP contribution in [-0.4, -0.2) is 29.0 Å². The zero-order valence-electron chi connectivity index (χ0n) is 10.7. The standard InChI is InChI=1S/C13H16N4S/c1-10-4-6-11(7-5-10)14-13(18)17-9-8-12(15-17)16(2)3/h4-9H,1-3H3,(H,14,18). The molecule has 0 atom stereocenters. The Bertz CT molecular complexity index is 542. The van der Waals surface area contributed by atoms with Crippen LogP contribution in [0.15, 0.2) is 36.5 Å². The SMILES string of the molecule is Cc1ccc(NC(=S)n2ccc(N(C)C)n2)cc1. The van der Waals surface area contributed by atoms with E-state index in [2.05, 4.69) is 17.3 Å². The molecular formula is C13H16N4S. The van der Waals surface area contributed by atoms with Crippen molar-refractivity contribution >= 4 is 28.8 Å². The normalized spacial score (nSPS) is 10.2. The lowest BCUT2D eigenvalue weighted by Gasteiger charge is -2.09. The maximum atomic E-state index is 5.31. The largest absolute Gasteiger partial charge is 0.361 e. The Labute approximate surface area is 112 Å². The van der Waals surface area contributed by atoms with Crippen LogP contribution in [0, 0.1) is 6.92 Å². The number of anilines is 2. The molecule has 0 unspecified atom stereocenters. The second-order valence-corrected chi connectivity index (χ2v) is 4.70. The van der Waals surface area contributed by atoms with Crippen molar-refractivity contribution in [3.63, 3.8) is 0 Å². The van der Waals surface area contributed by atoms with E-state index >= 15 is 0 Å². The fourth-order valence-electron chi connectivity index (χ4n) is 1.48. The number of thiocarbonyl (C=S) groups is 1. The third-order valence-electron chi connectivity index (χ3n) is 2.54. The Morgan fingerprint density at radius 3 is 2.44 bits per heavy atom. The first kappa shape index (κ1) is 12.6. The van der Waals surface area contributed by atoms with Crippen LogP contribution >= 0.6 is 12.2 Å². The van der Waals surface area contributed by atoms with Crippen molar-refractivity contribution in [2.75, 3.05) is 24.3 Å². The van der Waals surface area contributed by atoms with Crippen molar-refractivity contribution in [2.24, 2.45) is 0 Å². The van der Waals surface area contributed by atoms with Gasteiger partial charge in [0.1, 0.15) is 0 Å². The molecule has 0 radical (unpaired) electrons. The summed E-state index contributed by atoms with van der Waals surface area (Å²) >= 11 is 5.31. The Morgan fingerprint density at radius 1 is 1.22 bits per heavy atom. The average Bonchev–Trinajstić information content (AvgIpc) is 2.81. The molecule has 0 aliphatic rings. The Hall–Kier alpha value is -1.88. The number of hydrogen-bond donors (Lipinski definition) is 1. The van der Waals surface area contributed by atoms with E-state index < -0.39 is 0 Å². The summed E-state index contributed by atoms with van der Waals surface area (Å²) in [4.78, 5) is 1.94. The van der Waals surface area contributed by atoms with Gasteiger partial charge in [0.05, 0.1) is 0 Å². The minimum Gasteiger partial charge on any atom is -0.361 e. The van der Waals surface area contributed by atoms with Crippen LogP contribution < -0.4 is 10.2 Å². The second-order valence-electron chi connectivity index (χ2n) is 4.31. The molecule has 0 saturated heterocycles. The molecule has 0 fully saturated rings. The Balaban J connectivity index is 2.09. The third kappa shape index (κ3) is 2.87. The van der Waals surface area contributed by atoms with E-state index in [4.69, 9.17) is 12.2 Å². The number of rotatable bonds is 2. The molecule has 5 heteroatoms. The van der Waals surface area contributed by atoms with Gasteiger partial charge in [-0.3, -0.25) is 0 Å². The molecule has 1 aromatic heterocycles. The summed E-state index contributed by atoms with van der Waals surface area (Å²) in [5.41, 5.74) is 2.19.